The Labute approximate surface area is 181 Å². The topological polar surface area (TPSA) is 68.2 Å². The fourth-order valence-corrected chi connectivity index (χ4v) is 4.22. The van der Waals surface area contributed by atoms with E-state index in [1.54, 1.807) is 6.20 Å². The second-order valence-corrected chi connectivity index (χ2v) is 8.66. The molecule has 0 aliphatic rings. The molecular formula is C19H19BrN4O2S2. The van der Waals surface area contributed by atoms with Gasteiger partial charge in [-0.2, -0.15) is 5.10 Å². The molecule has 0 bridgehead atoms. The summed E-state index contributed by atoms with van der Waals surface area (Å²) >= 11 is 10.3. The molecule has 0 atom stereocenters. The Kier molecular flexibility index (Phi) is 6.48. The SMILES string of the molecule is COC(=O)c1c(NC(=S)Nc2cnn(Cc3ccc(Br)cc3)c2)sc(C)c1C. The van der Waals surface area contributed by atoms with Gasteiger partial charge >= 0.3 is 5.97 Å². The Morgan fingerprint density at radius 3 is 2.68 bits per heavy atom. The second kappa shape index (κ2) is 8.85. The molecule has 0 aliphatic heterocycles. The van der Waals surface area contributed by atoms with Gasteiger partial charge in [0.2, 0.25) is 0 Å². The van der Waals surface area contributed by atoms with Crippen LogP contribution in [0.15, 0.2) is 41.1 Å². The Morgan fingerprint density at radius 2 is 2.00 bits per heavy atom. The van der Waals surface area contributed by atoms with E-state index in [1.807, 2.05) is 49.0 Å². The second-order valence-electron chi connectivity index (χ2n) is 6.11. The van der Waals surface area contributed by atoms with E-state index in [0.717, 1.165) is 26.2 Å². The van der Waals surface area contributed by atoms with Gasteiger partial charge in [-0.1, -0.05) is 28.1 Å². The monoisotopic (exact) mass is 478 g/mol. The molecule has 146 valence electrons. The van der Waals surface area contributed by atoms with Crippen LogP contribution in [0.3, 0.4) is 0 Å². The number of nitrogens with one attached hydrogen (secondary N) is 2. The van der Waals surface area contributed by atoms with Gasteiger partial charge in [0.05, 0.1) is 31.1 Å². The van der Waals surface area contributed by atoms with Crippen molar-refractivity contribution in [2.24, 2.45) is 0 Å². The van der Waals surface area contributed by atoms with Gasteiger partial charge < -0.3 is 15.4 Å². The van der Waals surface area contributed by atoms with Crippen molar-refractivity contribution >= 4 is 61.3 Å². The summed E-state index contributed by atoms with van der Waals surface area (Å²) in [5.41, 5.74) is 3.31. The van der Waals surface area contributed by atoms with Crippen LogP contribution in [0, 0.1) is 13.8 Å². The van der Waals surface area contributed by atoms with E-state index in [9.17, 15) is 4.79 Å². The molecule has 6 nitrogen and oxygen atoms in total. The third-order valence-electron chi connectivity index (χ3n) is 4.15. The molecule has 0 fully saturated rings. The molecule has 3 rings (SSSR count). The van der Waals surface area contributed by atoms with Crippen molar-refractivity contribution < 1.29 is 9.53 Å². The number of thiocarbonyl (C=S) groups is 1. The smallest absolute Gasteiger partial charge is 0.341 e. The largest absolute Gasteiger partial charge is 0.465 e. The van der Waals surface area contributed by atoms with Gasteiger partial charge in [0, 0.05) is 15.5 Å². The predicted octanol–water partition coefficient (Wildman–Crippen LogP) is 4.97. The summed E-state index contributed by atoms with van der Waals surface area (Å²) in [7, 11) is 1.37. The Bertz CT molecular complexity index is 1010. The standard InChI is InChI=1S/C19H19BrN4O2S2/c1-11-12(2)28-17(16(11)18(25)26-3)23-19(27)22-15-8-21-24(10-15)9-13-4-6-14(20)7-5-13/h4-8,10H,9H2,1-3H3,(H2,22,23,27). The Morgan fingerprint density at radius 1 is 1.29 bits per heavy atom. The molecule has 0 aliphatic carbocycles. The maximum Gasteiger partial charge on any atom is 0.341 e. The van der Waals surface area contributed by atoms with Crippen LogP contribution in [-0.2, 0) is 11.3 Å². The van der Waals surface area contributed by atoms with Gasteiger partial charge in [-0.3, -0.25) is 4.68 Å². The van der Waals surface area contributed by atoms with E-state index in [0.29, 0.717) is 22.2 Å². The number of rotatable bonds is 5. The van der Waals surface area contributed by atoms with E-state index in [-0.39, 0.29) is 5.97 Å². The Hall–Kier alpha value is -2.23. The molecular weight excluding hydrogens is 460 g/mol. The number of aromatic nitrogens is 2. The quantitative estimate of drug-likeness (QED) is 0.398. The van der Waals surface area contributed by atoms with Gasteiger partial charge in [-0.05, 0) is 49.3 Å². The lowest BCUT2D eigenvalue weighted by Gasteiger charge is -2.09. The highest BCUT2D eigenvalue weighted by Crippen LogP contribution is 2.33. The van der Waals surface area contributed by atoms with Crippen LogP contribution < -0.4 is 10.6 Å². The fraction of sp³-hybridized carbons (Fsp3) is 0.211. The molecule has 28 heavy (non-hydrogen) atoms. The van der Waals surface area contributed by atoms with E-state index in [4.69, 9.17) is 17.0 Å². The molecule has 2 heterocycles. The van der Waals surface area contributed by atoms with Crippen LogP contribution in [-0.4, -0.2) is 28.0 Å². The number of esters is 1. The first-order valence-electron chi connectivity index (χ1n) is 8.40. The molecule has 1 aromatic carbocycles. The van der Waals surface area contributed by atoms with Crippen LogP contribution >= 0.6 is 39.5 Å². The fourth-order valence-electron chi connectivity index (χ4n) is 2.62. The summed E-state index contributed by atoms with van der Waals surface area (Å²) in [6.45, 7) is 4.51. The van der Waals surface area contributed by atoms with Crippen molar-refractivity contribution in [3.05, 3.63) is 62.7 Å². The number of anilines is 2. The zero-order valence-corrected chi connectivity index (χ0v) is 18.8. The summed E-state index contributed by atoms with van der Waals surface area (Å²) in [4.78, 5) is 13.1. The first-order chi connectivity index (χ1) is 13.4. The van der Waals surface area contributed by atoms with Crippen LogP contribution in [0.4, 0.5) is 10.7 Å². The van der Waals surface area contributed by atoms with E-state index in [2.05, 4.69) is 31.7 Å². The van der Waals surface area contributed by atoms with Crippen LogP contribution in [0.2, 0.25) is 0 Å². The molecule has 0 radical (unpaired) electrons. The molecule has 9 heteroatoms. The minimum Gasteiger partial charge on any atom is -0.465 e. The number of ether oxygens (including phenoxy) is 1. The Balaban J connectivity index is 1.66. The first-order valence-corrected chi connectivity index (χ1v) is 10.4. The molecule has 2 aromatic heterocycles. The summed E-state index contributed by atoms with van der Waals surface area (Å²) in [5, 5.41) is 11.6. The minimum atomic E-state index is -0.380. The zero-order chi connectivity index (χ0) is 20.3. The maximum atomic E-state index is 12.1. The number of benzene rings is 1. The highest BCUT2D eigenvalue weighted by molar-refractivity contribution is 9.10. The number of carbonyl (C=O) groups is 1. The lowest BCUT2D eigenvalue weighted by Crippen LogP contribution is -2.19. The average molecular weight is 479 g/mol. The van der Waals surface area contributed by atoms with Gasteiger partial charge in [0.25, 0.3) is 0 Å². The third kappa shape index (κ3) is 4.78. The number of methoxy groups -OCH3 is 1. The number of hydrogen-bond donors (Lipinski definition) is 2. The van der Waals surface area contributed by atoms with E-state index >= 15 is 0 Å². The molecule has 2 N–H and O–H groups in total. The molecule has 0 unspecified atom stereocenters. The van der Waals surface area contributed by atoms with E-state index < -0.39 is 0 Å². The number of thiophene rings is 1. The third-order valence-corrected chi connectivity index (χ3v) is 6.01. The lowest BCUT2D eigenvalue weighted by atomic mass is 10.1. The highest BCUT2D eigenvalue weighted by Gasteiger charge is 2.20. The summed E-state index contributed by atoms with van der Waals surface area (Å²) < 4.78 is 7.76. The summed E-state index contributed by atoms with van der Waals surface area (Å²) in [6.07, 6.45) is 3.58. The number of hydrogen-bond acceptors (Lipinski definition) is 5. The molecule has 0 spiro atoms. The van der Waals surface area contributed by atoms with Crippen molar-refractivity contribution in [1.29, 1.82) is 0 Å². The summed E-state index contributed by atoms with van der Waals surface area (Å²) in [5.74, 6) is -0.380. The van der Waals surface area contributed by atoms with Crippen molar-refractivity contribution in [1.82, 2.24) is 9.78 Å². The van der Waals surface area contributed by atoms with Crippen LogP contribution in [0.1, 0.15) is 26.4 Å². The van der Waals surface area contributed by atoms with Gasteiger partial charge in [-0.15, -0.1) is 11.3 Å². The lowest BCUT2D eigenvalue weighted by molar-refractivity contribution is 0.0601. The molecule has 0 saturated carbocycles. The number of carbonyl (C=O) groups excluding carboxylic acids is 1. The normalized spacial score (nSPS) is 10.6. The van der Waals surface area contributed by atoms with Crippen LogP contribution in [0.5, 0.6) is 0 Å². The van der Waals surface area contributed by atoms with Gasteiger partial charge in [0.1, 0.15) is 5.00 Å². The number of aryl methyl sites for hydroxylation is 1. The predicted molar refractivity (Wildman–Crippen MR) is 120 cm³/mol. The van der Waals surface area contributed by atoms with Gasteiger partial charge in [-0.25, -0.2) is 4.79 Å². The maximum absolute atomic E-state index is 12.1. The number of nitrogens with zero attached hydrogens (tertiary/aromatic N) is 2. The molecule has 0 saturated heterocycles. The van der Waals surface area contributed by atoms with Crippen molar-refractivity contribution in [3.63, 3.8) is 0 Å². The molecule has 3 aromatic rings. The summed E-state index contributed by atoms with van der Waals surface area (Å²) in [6, 6.07) is 8.09. The van der Waals surface area contributed by atoms with Crippen molar-refractivity contribution in [3.8, 4) is 0 Å². The van der Waals surface area contributed by atoms with Gasteiger partial charge in [0.15, 0.2) is 5.11 Å². The zero-order valence-electron chi connectivity index (χ0n) is 15.6. The minimum absolute atomic E-state index is 0.380. The van der Waals surface area contributed by atoms with E-state index in [1.165, 1.54) is 18.4 Å². The van der Waals surface area contributed by atoms with Crippen molar-refractivity contribution in [2.45, 2.75) is 20.4 Å². The van der Waals surface area contributed by atoms with Crippen molar-refractivity contribution in [2.75, 3.05) is 17.7 Å². The number of halogens is 1. The van der Waals surface area contributed by atoms with Crippen LogP contribution in [0.25, 0.3) is 0 Å². The average Bonchev–Trinajstić information content (AvgIpc) is 3.20. The first kappa shape index (κ1) is 20.5. The highest BCUT2D eigenvalue weighted by atomic mass is 79.9. The molecule has 0 amide bonds.